The second-order valence-electron chi connectivity index (χ2n) is 8.19. The third-order valence-corrected chi connectivity index (χ3v) is 6.30. The van der Waals surface area contributed by atoms with Crippen molar-refractivity contribution in [2.24, 2.45) is 23.7 Å². The molecule has 3 rings (SSSR count). The van der Waals surface area contributed by atoms with E-state index in [1.54, 1.807) is 0 Å². The number of benzene rings is 1. The van der Waals surface area contributed by atoms with Crippen LogP contribution in [0.3, 0.4) is 0 Å². The molecular formula is C21H26F4O2. The Morgan fingerprint density at radius 3 is 2.04 bits per heavy atom. The lowest BCUT2D eigenvalue weighted by molar-refractivity contribution is -0.140. The van der Waals surface area contributed by atoms with E-state index in [0.717, 1.165) is 43.6 Å². The summed E-state index contributed by atoms with van der Waals surface area (Å²) in [5.74, 6) is -0.0974. The lowest BCUT2D eigenvalue weighted by atomic mass is 9.69. The fourth-order valence-corrected chi connectivity index (χ4v) is 4.57. The highest BCUT2D eigenvalue weighted by Gasteiger charge is 2.35. The van der Waals surface area contributed by atoms with Gasteiger partial charge in [0.1, 0.15) is 11.6 Å². The summed E-state index contributed by atoms with van der Waals surface area (Å²) in [6, 6.07) is 2.24. The van der Waals surface area contributed by atoms with Gasteiger partial charge in [-0.2, -0.15) is 13.2 Å². The molecule has 0 aliphatic heterocycles. The molecule has 1 aromatic rings. The molecule has 2 aliphatic carbocycles. The molecule has 0 amide bonds. The van der Waals surface area contributed by atoms with Crippen LogP contribution in [0.5, 0.6) is 5.75 Å². The molecular weight excluding hydrogens is 360 g/mol. The molecule has 6 heteroatoms. The topological polar surface area (TPSA) is 26.3 Å². The number of halogens is 4. The van der Waals surface area contributed by atoms with Gasteiger partial charge in [-0.05, 0) is 68.4 Å². The zero-order valence-corrected chi connectivity index (χ0v) is 15.5. The van der Waals surface area contributed by atoms with E-state index >= 15 is 0 Å². The number of carbonyl (C=O) groups excluding carboxylic acids is 1. The van der Waals surface area contributed by atoms with Crippen molar-refractivity contribution in [2.75, 3.05) is 0 Å². The predicted molar refractivity (Wildman–Crippen MR) is 93.6 cm³/mol. The Labute approximate surface area is 157 Å². The van der Waals surface area contributed by atoms with E-state index in [1.807, 2.05) is 0 Å². The number of hydrogen-bond donors (Lipinski definition) is 0. The average molecular weight is 386 g/mol. The fraction of sp³-hybridized carbons (Fsp3) is 0.667. The van der Waals surface area contributed by atoms with Crippen LogP contribution in [-0.4, -0.2) is 5.97 Å². The van der Waals surface area contributed by atoms with Gasteiger partial charge in [0.25, 0.3) is 0 Å². The quantitative estimate of drug-likeness (QED) is 0.342. The van der Waals surface area contributed by atoms with Crippen molar-refractivity contribution in [3.05, 3.63) is 29.6 Å². The highest BCUT2D eigenvalue weighted by atomic mass is 19.4. The maximum absolute atomic E-state index is 13.6. The molecule has 150 valence electrons. The van der Waals surface area contributed by atoms with Crippen molar-refractivity contribution in [1.29, 1.82) is 0 Å². The molecule has 0 N–H and O–H groups in total. The molecule has 2 fully saturated rings. The molecule has 0 heterocycles. The van der Waals surface area contributed by atoms with Crippen LogP contribution in [0.15, 0.2) is 18.2 Å². The van der Waals surface area contributed by atoms with Crippen LogP contribution < -0.4 is 4.74 Å². The van der Waals surface area contributed by atoms with Crippen molar-refractivity contribution in [3.63, 3.8) is 0 Å². The van der Waals surface area contributed by atoms with Gasteiger partial charge in [-0.25, -0.2) is 4.39 Å². The Morgan fingerprint density at radius 1 is 0.963 bits per heavy atom. The van der Waals surface area contributed by atoms with E-state index in [4.69, 9.17) is 4.74 Å². The van der Waals surface area contributed by atoms with Gasteiger partial charge in [0.2, 0.25) is 0 Å². The molecule has 2 saturated carbocycles. The Balaban J connectivity index is 1.52. The minimum Gasteiger partial charge on any atom is -0.426 e. The summed E-state index contributed by atoms with van der Waals surface area (Å²) in [4.78, 5) is 12.3. The Bertz CT molecular complexity index is 655. The monoisotopic (exact) mass is 386 g/mol. The molecule has 0 aromatic heterocycles. The molecule has 0 atom stereocenters. The lowest BCUT2D eigenvalue weighted by Gasteiger charge is -2.36. The van der Waals surface area contributed by atoms with Crippen LogP contribution >= 0.6 is 0 Å². The van der Waals surface area contributed by atoms with Crippen LogP contribution in [0.2, 0.25) is 0 Å². The lowest BCUT2D eigenvalue weighted by Crippen LogP contribution is -2.29. The number of ether oxygens (including phenoxy) is 1. The van der Waals surface area contributed by atoms with E-state index in [1.165, 1.54) is 25.7 Å². The zero-order chi connectivity index (χ0) is 19.6. The molecule has 27 heavy (non-hydrogen) atoms. The SMILES string of the molecule is CC1CCC(C2CCC(C(=O)Oc3ccc(C(F)(F)F)c(F)c3)CC2)CC1. The Kier molecular flexibility index (Phi) is 6.11. The molecule has 0 spiro atoms. The van der Waals surface area contributed by atoms with Crippen molar-refractivity contribution >= 4 is 5.97 Å². The largest absolute Gasteiger partial charge is 0.426 e. The van der Waals surface area contributed by atoms with Gasteiger partial charge in [0.05, 0.1) is 11.5 Å². The van der Waals surface area contributed by atoms with Crippen molar-refractivity contribution in [2.45, 2.75) is 64.5 Å². The summed E-state index contributed by atoms with van der Waals surface area (Å²) >= 11 is 0. The first-order valence-corrected chi connectivity index (χ1v) is 9.82. The maximum Gasteiger partial charge on any atom is 0.419 e. The van der Waals surface area contributed by atoms with Gasteiger partial charge in [-0.1, -0.05) is 19.8 Å². The summed E-state index contributed by atoms with van der Waals surface area (Å²) in [7, 11) is 0. The summed E-state index contributed by atoms with van der Waals surface area (Å²) in [6.45, 7) is 2.30. The van der Waals surface area contributed by atoms with Gasteiger partial charge in [0, 0.05) is 6.07 Å². The molecule has 2 aliphatic rings. The van der Waals surface area contributed by atoms with Crippen molar-refractivity contribution in [3.8, 4) is 5.75 Å². The Morgan fingerprint density at radius 2 is 1.52 bits per heavy atom. The first kappa shape index (κ1) is 20.2. The van der Waals surface area contributed by atoms with E-state index in [9.17, 15) is 22.4 Å². The summed E-state index contributed by atoms with van der Waals surface area (Å²) in [5, 5.41) is 0. The van der Waals surface area contributed by atoms with Crippen LogP contribution in [-0.2, 0) is 11.0 Å². The first-order valence-electron chi connectivity index (χ1n) is 9.82. The van der Waals surface area contributed by atoms with Crippen LogP contribution in [0.4, 0.5) is 17.6 Å². The van der Waals surface area contributed by atoms with E-state index in [-0.39, 0.29) is 11.7 Å². The van der Waals surface area contributed by atoms with Gasteiger partial charge >= 0.3 is 12.1 Å². The predicted octanol–water partition coefficient (Wildman–Crippen LogP) is 6.38. The number of hydrogen-bond acceptors (Lipinski definition) is 2. The highest BCUT2D eigenvalue weighted by Crippen LogP contribution is 2.41. The molecule has 1 aromatic carbocycles. The summed E-state index contributed by atoms with van der Waals surface area (Å²) < 4.78 is 56.6. The zero-order valence-electron chi connectivity index (χ0n) is 15.5. The van der Waals surface area contributed by atoms with Gasteiger partial charge in [0.15, 0.2) is 0 Å². The number of esters is 1. The maximum atomic E-state index is 13.6. The van der Waals surface area contributed by atoms with Crippen LogP contribution in [0.25, 0.3) is 0 Å². The smallest absolute Gasteiger partial charge is 0.419 e. The second-order valence-corrected chi connectivity index (χ2v) is 8.19. The normalized spacial score (nSPS) is 29.4. The third kappa shape index (κ3) is 5.02. The van der Waals surface area contributed by atoms with Gasteiger partial charge in [-0.3, -0.25) is 4.79 Å². The minimum atomic E-state index is -4.76. The summed E-state index contributed by atoms with van der Waals surface area (Å²) in [5.41, 5.74) is -1.36. The molecule has 0 bridgehead atoms. The second kappa shape index (κ2) is 8.19. The molecule has 0 saturated heterocycles. The van der Waals surface area contributed by atoms with Crippen LogP contribution in [0, 0.1) is 29.5 Å². The van der Waals surface area contributed by atoms with E-state index < -0.39 is 23.5 Å². The van der Waals surface area contributed by atoms with E-state index in [0.29, 0.717) is 18.1 Å². The first-order chi connectivity index (χ1) is 12.7. The Hall–Kier alpha value is -1.59. The number of rotatable bonds is 3. The number of alkyl halides is 3. The van der Waals surface area contributed by atoms with Gasteiger partial charge in [-0.15, -0.1) is 0 Å². The number of carbonyl (C=O) groups is 1. The summed E-state index contributed by atoms with van der Waals surface area (Å²) in [6.07, 6.45) is 3.79. The van der Waals surface area contributed by atoms with Crippen molar-refractivity contribution in [1.82, 2.24) is 0 Å². The van der Waals surface area contributed by atoms with Crippen LogP contribution in [0.1, 0.15) is 63.9 Å². The third-order valence-electron chi connectivity index (χ3n) is 6.30. The highest BCUT2D eigenvalue weighted by molar-refractivity contribution is 5.75. The standard InChI is InChI=1S/C21H26F4O2/c1-13-2-4-14(5-3-13)15-6-8-16(9-7-15)20(26)27-17-10-11-18(19(22)12-17)21(23,24)25/h10-16H,2-9H2,1H3. The molecule has 2 nitrogen and oxygen atoms in total. The van der Waals surface area contributed by atoms with Crippen molar-refractivity contribution < 1.29 is 27.1 Å². The van der Waals surface area contributed by atoms with E-state index in [2.05, 4.69) is 6.92 Å². The van der Waals surface area contributed by atoms with Gasteiger partial charge < -0.3 is 4.74 Å². The molecule has 0 radical (unpaired) electrons. The molecule has 0 unspecified atom stereocenters. The average Bonchev–Trinajstić information content (AvgIpc) is 2.61. The minimum absolute atomic E-state index is 0.172. The fourth-order valence-electron chi connectivity index (χ4n) is 4.57.